The van der Waals surface area contributed by atoms with Crippen LogP contribution in [0.2, 0.25) is 0 Å². The molecule has 0 spiro atoms. The number of benzene rings is 1. The Morgan fingerprint density at radius 1 is 1.21 bits per heavy atom. The molecule has 94 valence electrons. The van der Waals surface area contributed by atoms with Gasteiger partial charge in [0.15, 0.2) is 11.5 Å². The van der Waals surface area contributed by atoms with Crippen LogP contribution in [0.1, 0.15) is 11.1 Å². The number of aromatic nitrogens is 1. The molecule has 0 N–H and O–H groups in total. The molecule has 0 fully saturated rings. The highest BCUT2D eigenvalue weighted by atomic mass is 16.7. The third kappa shape index (κ3) is 2.43. The van der Waals surface area contributed by atoms with E-state index in [1.807, 2.05) is 24.3 Å². The van der Waals surface area contributed by atoms with E-state index in [1.54, 1.807) is 12.1 Å². The minimum atomic E-state index is 0.261. The lowest BCUT2D eigenvalue weighted by Gasteiger charge is -2.06. The van der Waals surface area contributed by atoms with Gasteiger partial charge in [0.05, 0.1) is 5.56 Å². The van der Waals surface area contributed by atoms with Gasteiger partial charge in [0.1, 0.15) is 12.7 Å². The minimum absolute atomic E-state index is 0.261. The number of rotatable bonds is 3. The average Bonchev–Trinajstić information content (AvgIpc) is 2.93. The van der Waals surface area contributed by atoms with Crippen LogP contribution in [0.25, 0.3) is 0 Å². The average molecular weight is 254 g/mol. The molecule has 3 rings (SSSR count). The topological polar surface area (TPSA) is 64.4 Å². The normalized spacial score (nSPS) is 11.9. The van der Waals surface area contributed by atoms with Crippen molar-refractivity contribution in [3.63, 3.8) is 0 Å². The van der Waals surface area contributed by atoms with Gasteiger partial charge < -0.3 is 14.2 Å². The SMILES string of the molecule is N#Cc1ccc(OCc2ccc3c(c2)OCO3)nc1. The fourth-order valence-corrected chi connectivity index (χ4v) is 1.72. The Bertz CT molecular complexity index is 632. The Hall–Kier alpha value is -2.74. The smallest absolute Gasteiger partial charge is 0.231 e. The number of pyridine rings is 1. The van der Waals surface area contributed by atoms with E-state index in [2.05, 4.69) is 4.98 Å². The second-order valence-corrected chi connectivity index (χ2v) is 3.97. The second-order valence-electron chi connectivity index (χ2n) is 3.97. The summed E-state index contributed by atoms with van der Waals surface area (Å²) in [4.78, 5) is 4.04. The third-order valence-electron chi connectivity index (χ3n) is 2.69. The van der Waals surface area contributed by atoms with Crippen molar-refractivity contribution in [2.75, 3.05) is 6.79 Å². The molecular formula is C14H10N2O3. The molecule has 1 aliphatic rings. The standard InChI is InChI=1S/C14H10N2O3/c15-6-11-2-4-14(16-7-11)17-8-10-1-3-12-13(5-10)19-9-18-12/h1-5,7H,8-9H2. The van der Waals surface area contributed by atoms with Crippen LogP contribution in [0, 0.1) is 11.3 Å². The number of hydrogen-bond donors (Lipinski definition) is 0. The van der Waals surface area contributed by atoms with Crippen LogP contribution in [0.5, 0.6) is 17.4 Å². The van der Waals surface area contributed by atoms with Crippen LogP contribution < -0.4 is 14.2 Å². The summed E-state index contributed by atoms with van der Waals surface area (Å²) in [6.07, 6.45) is 1.48. The van der Waals surface area contributed by atoms with Crippen LogP contribution in [0.15, 0.2) is 36.5 Å². The number of hydrogen-bond acceptors (Lipinski definition) is 5. The molecule has 2 aromatic rings. The van der Waals surface area contributed by atoms with Crippen molar-refractivity contribution in [1.29, 1.82) is 5.26 Å². The first-order valence-corrected chi connectivity index (χ1v) is 5.72. The van der Waals surface area contributed by atoms with Crippen molar-refractivity contribution in [2.45, 2.75) is 6.61 Å². The molecule has 1 aliphatic heterocycles. The monoisotopic (exact) mass is 254 g/mol. The maximum atomic E-state index is 8.67. The van der Waals surface area contributed by atoms with Gasteiger partial charge in [0, 0.05) is 12.3 Å². The lowest BCUT2D eigenvalue weighted by atomic mass is 10.2. The van der Waals surface area contributed by atoms with Gasteiger partial charge in [-0.05, 0) is 23.8 Å². The van der Waals surface area contributed by atoms with Crippen molar-refractivity contribution in [1.82, 2.24) is 4.98 Å². The zero-order chi connectivity index (χ0) is 13.1. The Labute approximate surface area is 110 Å². The van der Waals surface area contributed by atoms with E-state index in [1.165, 1.54) is 6.20 Å². The van der Waals surface area contributed by atoms with Gasteiger partial charge >= 0.3 is 0 Å². The fourth-order valence-electron chi connectivity index (χ4n) is 1.72. The predicted octanol–water partition coefficient (Wildman–Crippen LogP) is 2.26. The van der Waals surface area contributed by atoms with Gasteiger partial charge in [0.2, 0.25) is 12.7 Å². The minimum Gasteiger partial charge on any atom is -0.473 e. The summed E-state index contributed by atoms with van der Waals surface area (Å²) in [6.45, 7) is 0.645. The number of nitriles is 1. The van der Waals surface area contributed by atoms with Crippen molar-refractivity contribution < 1.29 is 14.2 Å². The van der Waals surface area contributed by atoms with E-state index in [0.717, 1.165) is 17.1 Å². The van der Waals surface area contributed by atoms with Crippen LogP contribution in [-0.2, 0) is 6.61 Å². The molecule has 19 heavy (non-hydrogen) atoms. The summed E-state index contributed by atoms with van der Waals surface area (Å²) < 4.78 is 16.1. The Kier molecular flexibility index (Phi) is 2.91. The van der Waals surface area contributed by atoms with E-state index < -0.39 is 0 Å². The third-order valence-corrected chi connectivity index (χ3v) is 2.69. The summed E-state index contributed by atoms with van der Waals surface area (Å²) in [6, 6.07) is 11.0. The fraction of sp³-hybridized carbons (Fsp3) is 0.143. The van der Waals surface area contributed by atoms with Gasteiger partial charge in [-0.25, -0.2) is 4.98 Å². The highest BCUT2D eigenvalue weighted by Crippen LogP contribution is 2.32. The van der Waals surface area contributed by atoms with Crippen molar-refractivity contribution >= 4 is 0 Å². The molecule has 0 saturated carbocycles. The van der Waals surface area contributed by atoms with Crippen LogP contribution >= 0.6 is 0 Å². The van der Waals surface area contributed by atoms with Crippen molar-refractivity contribution in [3.8, 4) is 23.4 Å². The number of nitrogens with zero attached hydrogens (tertiary/aromatic N) is 2. The first kappa shape index (κ1) is 11.4. The summed E-state index contributed by atoms with van der Waals surface area (Å²) in [7, 11) is 0. The van der Waals surface area contributed by atoms with E-state index in [0.29, 0.717) is 18.1 Å². The van der Waals surface area contributed by atoms with Gasteiger partial charge in [-0.2, -0.15) is 5.26 Å². The molecule has 2 heterocycles. The quantitative estimate of drug-likeness (QED) is 0.840. The molecule has 0 saturated heterocycles. The molecule has 0 bridgehead atoms. The molecule has 5 heteroatoms. The van der Waals surface area contributed by atoms with E-state index >= 15 is 0 Å². The van der Waals surface area contributed by atoms with Crippen molar-refractivity contribution in [3.05, 3.63) is 47.7 Å². The first-order valence-electron chi connectivity index (χ1n) is 5.72. The van der Waals surface area contributed by atoms with E-state index in [4.69, 9.17) is 19.5 Å². The molecule has 0 radical (unpaired) electrons. The van der Waals surface area contributed by atoms with Crippen LogP contribution in [0.4, 0.5) is 0 Å². The zero-order valence-electron chi connectivity index (χ0n) is 10.00. The molecule has 5 nitrogen and oxygen atoms in total. The largest absolute Gasteiger partial charge is 0.473 e. The molecular weight excluding hydrogens is 244 g/mol. The highest BCUT2D eigenvalue weighted by molar-refractivity contribution is 5.44. The van der Waals surface area contributed by atoms with Crippen molar-refractivity contribution in [2.24, 2.45) is 0 Å². The maximum Gasteiger partial charge on any atom is 0.231 e. The van der Waals surface area contributed by atoms with Gasteiger partial charge in [-0.3, -0.25) is 0 Å². The van der Waals surface area contributed by atoms with Gasteiger partial charge in [-0.15, -0.1) is 0 Å². The lowest BCUT2D eigenvalue weighted by molar-refractivity contribution is 0.174. The first-order chi connectivity index (χ1) is 9.35. The molecule has 1 aromatic carbocycles. The zero-order valence-corrected chi connectivity index (χ0v) is 10.00. The Balaban J connectivity index is 1.67. The van der Waals surface area contributed by atoms with E-state index in [9.17, 15) is 0 Å². The highest BCUT2D eigenvalue weighted by Gasteiger charge is 2.13. The van der Waals surface area contributed by atoms with Crippen LogP contribution in [0.3, 0.4) is 0 Å². The number of ether oxygens (including phenoxy) is 3. The van der Waals surface area contributed by atoms with E-state index in [-0.39, 0.29) is 6.79 Å². The summed E-state index contributed by atoms with van der Waals surface area (Å²) in [5.41, 5.74) is 1.48. The molecule has 0 aliphatic carbocycles. The maximum absolute atomic E-state index is 8.67. The molecule has 0 atom stereocenters. The molecule has 1 aromatic heterocycles. The summed E-state index contributed by atoms with van der Waals surface area (Å²) in [5.74, 6) is 1.96. The molecule has 0 unspecified atom stereocenters. The predicted molar refractivity (Wildman–Crippen MR) is 65.8 cm³/mol. The summed E-state index contributed by atoms with van der Waals surface area (Å²) in [5, 5.41) is 8.67. The Morgan fingerprint density at radius 2 is 2.11 bits per heavy atom. The lowest BCUT2D eigenvalue weighted by Crippen LogP contribution is -1.97. The second kappa shape index (κ2) is 4.86. The summed E-state index contributed by atoms with van der Waals surface area (Å²) >= 11 is 0. The molecule has 0 amide bonds. The van der Waals surface area contributed by atoms with Crippen LogP contribution in [-0.4, -0.2) is 11.8 Å². The number of fused-ring (bicyclic) bond motifs is 1. The Morgan fingerprint density at radius 3 is 2.89 bits per heavy atom. The van der Waals surface area contributed by atoms with Gasteiger partial charge in [-0.1, -0.05) is 6.07 Å². The van der Waals surface area contributed by atoms with Gasteiger partial charge in [0.25, 0.3) is 0 Å².